The maximum absolute atomic E-state index is 4.48. The Morgan fingerprint density at radius 1 is 1.17 bits per heavy atom. The zero-order chi connectivity index (χ0) is 16.9. The lowest BCUT2D eigenvalue weighted by molar-refractivity contribution is 0.497. The average Bonchev–Trinajstić information content (AvgIpc) is 3.09. The monoisotopic (exact) mass is 322 g/mol. The van der Waals surface area contributed by atoms with Gasteiger partial charge in [-0.15, -0.1) is 0 Å². The standard InChI is InChI=1S/C18H22N6/c1-4-24-18(22-12-23-24)14(3)19-9-15-10-20-17(21-11-15)16-7-5-6-13(2)8-16/h5-8,10-12,14,19H,4,9H2,1-3H3/t14-/m1/s1. The van der Waals surface area contributed by atoms with E-state index in [9.17, 15) is 0 Å². The molecule has 0 radical (unpaired) electrons. The van der Waals surface area contributed by atoms with Gasteiger partial charge >= 0.3 is 0 Å². The Bertz CT molecular complexity index is 793. The highest BCUT2D eigenvalue weighted by Gasteiger charge is 2.12. The second kappa shape index (κ2) is 7.31. The van der Waals surface area contributed by atoms with Crippen LogP contribution in [0.4, 0.5) is 0 Å². The van der Waals surface area contributed by atoms with Gasteiger partial charge in [-0.2, -0.15) is 5.10 Å². The van der Waals surface area contributed by atoms with Gasteiger partial charge in [0.2, 0.25) is 0 Å². The van der Waals surface area contributed by atoms with Crippen LogP contribution in [-0.2, 0) is 13.1 Å². The summed E-state index contributed by atoms with van der Waals surface area (Å²) in [5, 5.41) is 7.64. The maximum atomic E-state index is 4.48. The van der Waals surface area contributed by atoms with Crippen LogP contribution in [0.5, 0.6) is 0 Å². The van der Waals surface area contributed by atoms with Crippen LogP contribution in [0.1, 0.15) is 36.8 Å². The van der Waals surface area contributed by atoms with E-state index in [-0.39, 0.29) is 6.04 Å². The third kappa shape index (κ3) is 3.65. The van der Waals surface area contributed by atoms with Crippen LogP contribution in [0.25, 0.3) is 11.4 Å². The molecule has 0 bridgehead atoms. The molecule has 6 nitrogen and oxygen atoms in total. The molecule has 1 atom stereocenters. The topological polar surface area (TPSA) is 68.5 Å². The predicted molar refractivity (Wildman–Crippen MR) is 93.2 cm³/mol. The number of rotatable bonds is 6. The molecule has 0 aliphatic carbocycles. The number of aromatic nitrogens is 5. The van der Waals surface area contributed by atoms with Crippen molar-refractivity contribution in [3.8, 4) is 11.4 Å². The molecule has 0 aliphatic heterocycles. The van der Waals surface area contributed by atoms with E-state index in [1.807, 2.05) is 29.2 Å². The zero-order valence-corrected chi connectivity index (χ0v) is 14.3. The fraction of sp³-hybridized carbons (Fsp3) is 0.333. The van der Waals surface area contributed by atoms with Gasteiger partial charge in [-0.25, -0.2) is 19.6 Å². The van der Waals surface area contributed by atoms with E-state index >= 15 is 0 Å². The summed E-state index contributed by atoms with van der Waals surface area (Å²) in [6, 6.07) is 8.32. The summed E-state index contributed by atoms with van der Waals surface area (Å²) in [5.74, 6) is 1.69. The molecule has 0 saturated heterocycles. The molecule has 0 spiro atoms. The third-order valence-corrected chi connectivity index (χ3v) is 3.93. The van der Waals surface area contributed by atoms with Gasteiger partial charge in [0.25, 0.3) is 0 Å². The van der Waals surface area contributed by atoms with Gasteiger partial charge < -0.3 is 5.32 Å². The number of nitrogens with zero attached hydrogens (tertiary/aromatic N) is 5. The van der Waals surface area contributed by atoms with Crippen LogP contribution in [-0.4, -0.2) is 24.7 Å². The van der Waals surface area contributed by atoms with E-state index in [2.05, 4.69) is 58.3 Å². The smallest absolute Gasteiger partial charge is 0.159 e. The first-order chi connectivity index (χ1) is 11.7. The predicted octanol–water partition coefficient (Wildman–Crippen LogP) is 2.91. The van der Waals surface area contributed by atoms with Gasteiger partial charge in [0, 0.05) is 36.6 Å². The lowest BCUT2D eigenvalue weighted by Crippen LogP contribution is -2.22. The minimum atomic E-state index is 0.115. The van der Waals surface area contributed by atoms with Crippen molar-refractivity contribution in [1.82, 2.24) is 30.0 Å². The Hall–Kier alpha value is -2.60. The molecule has 2 heterocycles. The third-order valence-electron chi connectivity index (χ3n) is 3.93. The number of hydrogen-bond acceptors (Lipinski definition) is 5. The molecule has 0 amide bonds. The molecular formula is C18H22N6. The van der Waals surface area contributed by atoms with Gasteiger partial charge in [0.15, 0.2) is 5.82 Å². The summed E-state index contributed by atoms with van der Waals surface area (Å²) >= 11 is 0. The van der Waals surface area contributed by atoms with Crippen molar-refractivity contribution in [1.29, 1.82) is 0 Å². The van der Waals surface area contributed by atoms with Crippen LogP contribution in [0, 0.1) is 6.92 Å². The molecule has 0 unspecified atom stereocenters. The molecular weight excluding hydrogens is 300 g/mol. The summed E-state index contributed by atoms with van der Waals surface area (Å²) in [4.78, 5) is 13.3. The number of aryl methyl sites for hydroxylation is 2. The normalized spacial score (nSPS) is 12.3. The summed E-state index contributed by atoms with van der Waals surface area (Å²) < 4.78 is 1.90. The van der Waals surface area contributed by atoms with Crippen molar-refractivity contribution < 1.29 is 0 Å². The molecule has 124 valence electrons. The Morgan fingerprint density at radius 3 is 2.67 bits per heavy atom. The molecule has 0 saturated carbocycles. The minimum absolute atomic E-state index is 0.115. The lowest BCUT2D eigenvalue weighted by atomic mass is 10.1. The van der Waals surface area contributed by atoms with Gasteiger partial charge in [-0.1, -0.05) is 23.8 Å². The molecule has 24 heavy (non-hydrogen) atoms. The average molecular weight is 322 g/mol. The van der Waals surface area contributed by atoms with Crippen molar-refractivity contribution >= 4 is 0 Å². The Balaban J connectivity index is 1.64. The van der Waals surface area contributed by atoms with E-state index in [4.69, 9.17) is 0 Å². The molecule has 2 aromatic heterocycles. The molecule has 1 aromatic carbocycles. The largest absolute Gasteiger partial charge is 0.303 e. The highest BCUT2D eigenvalue weighted by molar-refractivity contribution is 5.55. The lowest BCUT2D eigenvalue weighted by Gasteiger charge is -2.13. The molecule has 0 aliphatic rings. The fourth-order valence-electron chi connectivity index (χ4n) is 2.59. The van der Waals surface area contributed by atoms with Gasteiger partial charge in [-0.05, 0) is 26.8 Å². The van der Waals surface area contributed by atoms with Gasteiger partial charge in [0.05, 0.1) is 6.04 Å². The van der Waals surface area contributed by atoms with Crippen molar-refractivity contribution in [2.75, 3.05) is 0 Å². The Labute approximate surface area is 142 Å². The number of benzene rings is 1. The summed E-state index contributed by atoms with van der Waals surface area (Å²) in [5.41, 5.74) is 3.29. The molecule has 6 heteroatoms. The Kier molecular flexibility index (Phi) is 4.96. The van der Waals surface area contributed by atoms with Crippen LogP contribution in [0.2, 0.25) is 0 Å². The maximum Gasteiger partial charge on any atom is 0.159 e. The SMILES string of the molecule is CCn1ncnc1[C@@H](C)NCc1cnc(-c2cccc(C)c2)nc1. The van der Waals surface area contributed by atoms with Crippen LogP contribution >= 0.6 is 0 Å². The minimum Gasteiger partial charge on any atom is -0.303 e. The molecule has 3 aromatic rings. The molecule has 0 fully saturated rings. The molecule has 1 N–H and O–H groups in total. The highest BCUT2D eigenvalue weighted by Crippen LogP contribution is 2.16. The van der Waals surface area contributed by atoms with E-state index in [0.717, 1.165) is 29.3 Å². The van der Waals surface area contributed by atoms with Gasteiger partial charge in [0.1, 0.15) is 12.2 Å². The van der Waals surface area contributed by atoms with Crippen LogP contribution < -0.4 is 5.32 Å². The van der Waals surface area contributed by atoms with E-state index < -0.39 is 0 Å². The van der Waals surface area contributed by atoms with E-state index in [0.29, 0.717) is 6.54 Å². The Morgan fingerprint density at radius 2 is 1.96 bits per heavy atom. The first kappa shape index (κ1) is 16.3. The van der Waals surface area contributed by atoms with E-state index in [1.165, 1.54) is 5.56 Å². The second-order valence-electron chi connectivity index (χ2n) is 5.82. The first-order valence-electron chi connectivity index (χ1n) is 8.16. The molecule has 3 rings (SSSR count). The van der Waals surface area contributed by atoms with Crippen molar-refractivity contribution in [3.05, 3.63) is 59.9 Å². The van der Waals surface area contributed by atoms with E-state index in [1.54, 1.807) is 6.33 Å². The number of hydrogen-bond donors (Lipinski definition) is 1. The first-order valence-corrected chi connectivity index (χ1v) is 8.16. The summed E-state index contributed by atoms with van der Waals surface area (Å²) in [7, 11) is 0. The van der Waals surface area contributed by atoms with Crippen LogP contribution in [0.3, 0.4) is 0 Å². The van der Waals surface area contributed by atoms with Crippen molar-refractivity contribution in [2.45, 2.75) is 39.9 Å². The van der Waals surface area contributed by atoms with Crippen molar-refractivity contribution in [2.24, 2.45) is 0 Å². The summed E-state index contributed by atoms with van der Waals surface area (Å²) in [6.07, 6.45) is 5.33. The van der Waals surface area contributed by atoms with Crippen molar-refractivity contribution in [3.63, 3.8) is 0 Å². The van der Waals surface area contributed by atoms with Gasteiger partial charge in [-0.3, -0.25) is 0 Å². The zero-order valence-electron chi connectivity index (χ0n) is 14.3. The number of nitrogens with one attached hydrogen (secondary N) is 1. The highest BCUT2D eigenvalue weighted by atomic mass is 15.3. The second-order valence-corrected chi connectivity index (χ2v) is 5.82. The summed E-state index contributed by atoms with van der Waals surface area (Å²) in [6.45, 7) is 7.71. The fourth-order valence-corrected chi connectivity index (χ4v) is 2.59. The quantitative estimate of drug-likeness (QED) is 0.756. The van der Waals surface area contributed by atoms with Crippen LogP contribution in [0.15, 0.2) is 43.0 Å².